The minimum Gasteiger partial charge on any atom is -0.297 e. The number of nitrogens with zero attached hydrogens (tertiary/aromatic N) is 1. The van der Waals surface area contributed by atoms with Gasteiger partial charge in [-0.25, -0.2) is 4.79 Å². The largest absolute Gasteiger partial charge is 0.437 e. The maximum atomic E-state index is 12.1. The number of amides is 1. The van der Waals surface area contributed by atoms with Crippen LogP contribution in [0.5, 0.6) is 0 Å². The molecule has 5 nitrogen and oxygen atoms in total. The molecule has 0 saturated heterocycles. The van der Waals surface area contributed by atoms with Crippen LogP contribution >= 0.6 is 39.1 Å². The molecular weight excluding hydrogens is 419 g/mol. The van der Waals surface area contributed by atoms with E-state index in [0.717, 1.165) is 4.47 Å². The molecular formula is C16H11BrCl2N2O3. The molecule has 0 bridgehead atoms. The van der Waals surface area contributed by atoms with Crippen LogP contribution in [0.15, 0.2) is 52.1 Å². The third kappa shape index (κ3) is 5.06. The van der Waals surface area contributed by atoms with E-state index < -0.39 is 6.09 Å². The molecule has 0 aliphatic heterocycles. The predicted octanol–water partition coefficient (Wildman–Crippen LogP) is 5.56. The number of nitrogens with one attached hydrogen (secondary N) is 1. The molecule has 0 fully saturated rings. The van der Waals surface area contributed by atoms with E-state index in [1.54, 1.807) is 30.3 Å². The lowest BCUT2D eigenvalue weighted by molar-refractivity contribution is 0.105. The molecule has 0 aliphatic rings. The van der Waals surface area contributed by atoms with Gasteiger partial charge in [-0.1, -0.05) is 44.3 Å². The molecule has 24 heavy (non-hydrogen) atoms. The van der Waals surface area contributed by atoms with Crippen LogP contribution < -0.4 is 5.32 Å². The fraction of sp³-hybridized carbons (Fsp3) is 0.0625. The van der Waals surface area contributed by atoms with Gasteiger partial charge in [-0.3, -0.25) is 14.9 Å². The third-order valence-electron chi connectivity index (χ3n) is 2.87. The molecule has 0 unspecified atom stereocenters. The Bertz CT molecular complexity index is 807. The van der Waals surface area contributed by atoms with Crippen LogP contribution in [0.1, 0.15) is 17.3 Å². The zero-order valence-corrected chi connectivity index (χ0v) is 15.4. The normalized spacial score (nSPS) is 11.1. The highest BCUT2D eigenvalue weighted by molar-refractivity contribution is 9.10. The van der Waals surface area contributed by atoms with Crippen molar-refractivity contribution in [1.29, 1.82) is 0 Å². The number of hydrogen-bond acceptors (Lipinski definition) is 4. The monoisotopic (exact) mass is 428 g/mol. The molecule has 8 heteroatoms. The smallest absolute Gasteiger partial charge is 0.297 e. The Morgan fingerprint density at radius 3 is 2.38 bits per heavy atom. The maximum Gasteiger partial charge on any atom is 0.437 e. The summed E-state index contributed by atoms with van der Waals surface area (Å²) in [4.78, 5) is 28.5. The summed E-state index contributed by atoms with van der Waals surface area (Å²) in [6, 6.07) is 11.3. The molecule has 0 heterocycles. The van der Waals surface area contributed by atoms with Crippen LogP contribution in [-0.4, -0.2) is 17.6 Å². The Morgan fingerprint density at radius 1 is 1.08 bits per heavy atom. The molecule has 0 spiro atoms. The van der Waals surface area contributed by atoms with E-state index in [1.165, 1.54) is 19.1 Å². The highest BCUT2D eigenvalue weighted by atomic mass is 79.9. The Kier molecular flexibility index (Phi) is 6.36. The van der Waals surface area contributed by atoms with E-state index in [9.17, 15) is 9.59 Å². The first-order valence-corrected chi connectivity index (χ1v) is 8.19. The Labute approximate surface area is 156 Å². The van der Waals surface area contributed by atoms with E-state index in [4.69, 9.17) is 23.2 Å². The Balaban J connectivity index is 1.98. The first kappa shape index (κ1) is 18.4. The van der Waals surface area contributed by atoms with E-state index >= 15 is 0 Å². The summed E-state index contributed by atoms with van der Waals surface area (Å²) < 4.78 is 0.853. The zero-order chi connectivity index (χ0) is 17.7. The summed E-state index contributed by atoms with van der Waals surface area (Å²) in [7, 11) is 0. The number of carbonyl (C=O) groups excluding carboxylic acids is 2. The highest BCUT2D eigenvalue weighted by Gasteiger charge is 2.12. The van der Waals surface area contributed by atoms with Gasteiger partial charge in [0.1, 0.15) is 5.71 Å². The average Bonchev–Trinajstić information content (AvgIpc) is 2.56. The lowest BCUT2D eigenvalue weighted by Crippen LogP contribution is -2.15. The molecule has 124 valence electrons. The van der Waals surface area contributed by atoms with Gasteiger partial charge in [0.2, 0.25) is 5.78 Å². The van der Waals surface area contributed by atoms with Crippen LogP contribution in [0.3, 0.4) is 0 Å². The van der Waals surface area contributed by atoms with Gasteiger partial charge >= 0.3 is 6.09 Å². The second-order valence-corrected chi connectivity index (χ2v) is 6.38. The van der Waals surface area contributed by atoms with Gasteiger partial charge in [0.15, 0.2) is 0 Å². The SMILES string of the molecule is C/C(=N/OC(=O)Nc1ccc(Cl)c(Cl)c1)C(=O)c1ccc(Br)cc1. The molecule has 0 aromatic heterocycles. The summed E-state index contributed by atoms with van der Waals surface area (Å²) in [5.41, 5.74) is 0.871. The summed E-state index contributed by atoms with van der Waals surface area (Å²) in [5, 5.41) is 6.62. The summed E-state index contributed by atoms with van der Waals surface area (Å²) >= 11 is 14.9. The van der Waals surface area contributed by atoms with Crippen molar-refractivity contribution in [3.8, 4) is 0 Å². The van der Waals surface area contributed by atoms with Crippen LogP contribution in [0, 0.1) is 0 Å². The number of rotatable bonds is 4. The zero-order valence-electron chi connectivity index (χ0n) is 12.3. The molecule has 1 N–H and O–H groups in total. The minimum atomic E-state index is -0.851. The lowest BCUT2D eigenvalue weighted by atomic mass is 10.1. The first-order valence-electron chi connectivity index (χ1n) is 6.64. The van der Waals surface area contributed by atoms with Crippen molar-refractivity contribution in [2.45, 2.75) is 6.92 Å². The second kappa shape index (κ2) is 8.28. The van der Waals surface area contributed by atoms with Crippen LogP contribution in [0.4, 0.5) is 10.5 Å². The van der Waals surface area contributed by atoms with Gasteiger partial charge in [-0.2, -0.15) is 0 Å². The van der Waals surface area contributed by atoms with Crippen LogP contribution in [-0.2, 0) is 4.84 Å². The summed E-state index contributed by atoms with van der Waals surface area (Å²) in [6.07, 6.45) is -0.851. The predicted molar refractivity (Wildman–Crippen MR) is 98.1 cm³/mol. The number of ketones is 1. The Hall–Kier alpha value is -1.89. The number of halogens is 3. The van der Waals surface area contributed by atoms with E-state index in [2.05, 4.69) is 31.2 Å². The van der Waals surface area contributed by atoms with Gasteiger partial charge in [0, 0.05) is 15.7 Å². The van der Waals surface area contributed by atoms with Gasteiger partial charge in [0.25, 0.3) is 0 Å². The first-order chi connectivity index (χ1) is 11.4. The number of anilines is 1. The quantitative estimate of drug-likeness (QED) is 0.299. The molecule has 2 aromatic rings. The van der Waals surface area contributed by atoms with Gasteiger partial charge < -0.3 is 0 Å². The fourth-order valence-corrected chi connectivity index (χ4v) is 2.24. The molecule has 2 rings (SSSR count). The van der Waals surface area contributed by atoms with Gasteiger partial charge in [-0.15, -0.1) is 0 Å². The van der Waals surface area contributed by atoms with Crippen molar-refractivity contribution in [2.75, 3.05) is 5.32 Å². The lowest BCUT2D eigenvalue weighted by Gasteiger charge is -2.05. The number of carbonyl (C=O) groups is 2. The number of hydrogen-bond donors (Lipinski definition) is 1. The minimum absolute atomic E-state index is 0.0432. The topological polar surface area (TPSA) is 67.8 Å². The van der Waals surface area contributed by atoms with Crippen molar-refractivity contribution in [2.24, 2.45) is 5.16 Å². The van der Waals surface area contributed by atoms with Crippen molar-refractivity contribution in [3.05, 3.63) is 62.5 Å². The van der Waals surface area contributed by atoms with Crippen molar-refractivity contribution in [3.63, 3.8) is 0 Å². The number of oxime groups is 1. The molecule has 2 aromatic carbocycles. The van der Waals surface area contributed by atoms with E-state index in [0.29, 0.717) is 21.3 Å². The summed E-state index contributed by atoms with van der Waals surface area (Å²) in [5.74, 6) is -0.343. The maximum absolute atomic E-state index is 12.1. The van der Waals surface area contributed by atoms with Gasteiger partial charge in [-0.05, 0) is 49.4 Å². The standard InChI is InChI=1S/C16H11BrCl2N2O3/c1-9(15(22)10-2-4-11(17)5-3-10)21-24-16(23)20-12-6-7-13(18)14(19)8-12/h2-8H,1H3,(H,20,23)/b21-9-. The van der Waals surface area contributed by atoms with Crippen LogP contribution in [0.25, 0.3) is 0 Å². The average molecular weight is 430 g/mol. The highest BCUT2D eigenvalue weighted by Crippen LogP contribution is 2.25. The molecule has 0 atom stereocenters. The molecule has 1 amide bonds. The van der Waals surface area contributed by atoms with Crippen molar-refractivity contribution < 1.29 is 14.4 Å². The number of benzene rings is 2. The van der Waals surface area contributed by atoms with Gasteiger partial charge in [0.05, 0.1) is 10.0 Å². The Morgan fingerprint density at radius 2 is 1.75 bits per heavy atom. The fourth-order valence-electron chi connectivity index (χ4n) is 1.68. The molecule has 0 aliphatic carbocycles. The number of Topliss-reactive ketones (excluding diaryl/α,β-unsaturated/α-hetero) is 1. The summed E-state index contributed by atoms with van der Waals surface area (Å²) in [6.45, 7) is 1.46. The molecule has 0 saturated carbocycles. The van der Waals surface area contributed by atoms with Crippen molar-refractivity contribution in [1.82, 2.24) is 0 Å². The second-order valence-electron chi connectivity index (χ2n) is 4.65. The van der Waals surface area contributed by atoms with Crippen LogP contribution in [0.2, 0.25) is 10.0 Å². The van der Waals surface area contributed by atoms with E-state index in [1.807, 2.05) is 0 Å². The molecule has 0 radical (unpaired) electrons. The van der Waals surface area contributed by atoms with Crippen molar-refractivity contribution >= 4 is 62.4 Å². The van der Waals surface area contributed by atoms with E-state index in [-0.39, 0.29) is 11.5 Å². The third-order valence-corrected chi connectivity index (χ3v) is 4.13.